The van der Waals surface area contributed by atoms with Crippen LogP contribution in [0, 0.1) is 0 Å². The normalized spacial score (nSPS) is 10.6. The zero-order valence-corrected chi connectivity index (χ0v) is 13.9. The molecule has 0 aliphatic carbocycles. The van der Waals surface area contributed by atoms with Crippen molar-refractivity contribution in [3.05, 3.63) is 59.7 Å². The standard InChI is InChI=1S/C19H20N2O3/c1-13(22)20-15-7-11-19(24)17(12-15)18(23)10-6-14-4-8-16(9-5-14)21(2)3/h4-12,24H,1-3H3,(H,20,22)/b10-6+. The minimum Gasteiger partial charge on any atom is -0.507 e. The van der Waals surface area contributed by atoms with Crippen molar-refractivity contribution in [3.8, 4) is 5.75 Å². The first-order chi connectivity index (χ1) is 11.4. The van der Waals surface area contributed by atoms with Crippen molar-refractivity contribution in [3.63, 3.8) is 0 Å². The summed E-state index contributed by atoms with van der Waals surface area (Å²) in [4.78, 5) is 25.4. The van der Waals surface area contributed by atoms with Crippen LogP contribution in [0.5, 0.6) is 5.75 Å². The fraction of sp³-hybridized carbons (Fsp3) is 0.158. The van der Waals surface area contributed by atoms with Crippen LogP contribution in [0.3, 0.4) is 0 Å². The summed E-state index contributed by atoms with van der Waals surface area (Å²) in [6.07, 6.45) is 3.09. The summed E-state index contributed by atoms with van der Waals surface area (Å²) in [6.45, 7) is 1.38. The van der Waals surface area contributed by atoms with Gasteiger partial charge in [-0.3, -0.25) is 9.59 Å². The van der Waals surface area contributed by atoms with Crippen LogP contribution < -0.4 is 10.2 Å². The number of hydrogen-bond donors (Lipinski definition) is 2. The molecule has 0 bridgehead atoms. The number of phenols is 1. The van der Waals surface area contributed by atoms with Gasteiger partial charge in [-0.05, 0) is 42.0 Å². The molecule has 2 rings (SSSR count). The average molecular weight is 324 g/mol. The maximum atomic E-state index is 12.3. The molecule has 0 heterocycles. The van der Waals surface area contributed by atoms with Gasteiger partial charge in [-0.1, -0.05) is 18.2 Å². The van der Waals surface area contributed by atoms with Crippen LogP contribution in [0.4, 0.5) is 11.4 Å². The van der Waals surface area contributed by atoms with E-state index >= 15 is 0 Å². The molecule has 2 aromatic rings. The van der Waals surface area contributed by atoms with Gasteiger partial charge in [-0.15, -0.1) is 0 Å². The number of aromatic hydroxyl groups is 1. The van der Waals surface area contributed by atoms with Gasteiger partial charge in [0.25, 0.3) is 0 Å². The highest BCUT2D eigenvalue weighted by Crippen LogP contribution is 2.23. The van der Waals surface area contributed by atoms with E-state index in [-0.39, 0.29) is 23.0 Å². The highest BCUT2D eigenvalue weighted by atomic mass is 16.3. The van der Waals surface area contributed by atoms with E-state index in [2.05, 4.69) is 5.32 Å². The third kappa shape index (κ3) is 4.46. The summed E-state index contributed by atoms with van der Waals surface area (Å²) < 4.78 is 0. The summed E-state index contributed by atoms with van der Waals surface area (Å²) in [5.74, 6) is -0.700. The van der Waals surface area contributed by atoms with Crippen molar-refractivity contribution in [2.24, 2.45) is 0 Å². The first-order valence-electron chi connectivity index (χ1n) is 7.47. The van der Waals surface area contributed by atoms with Gasteiger partial charge in [0.05, 0.1) is 5.56 Å². The lowest BCUT2D eigenvalue weighted by Gasteiger charge is -2.11. The van der Waals surface area contributed by atoms with E-state index in [4.69, 9.17) is 0 Å². The topological polar surface area (TPSA) is 69.6 Å². The molecule has 5 nitrogen and oxygen atoms in total. The van der Waals surface area contributed by atoms with Crippen molar-refractivity contribution >= 4 is 29.1 Å². The molecule has 0 aliphatic rings. The summed E-state index contributed by atoms with van der Waals surface area (Å²) in [7, 11) is 3.92. The fourth-order valence-corrected chi connectivity index (χ4v) is 2.16. The van der Waals surface area contributed by atoms with Crippen LogP contribution in [-0.2, 0) is 4.79 Å². The van der Waals surface area contributed by atoms with Gasteiger partial charge < -0.3 is 15.3 Å². The third-order valence-electron chi connectivity index (χ3n) is 3.42. The van der Waals surface area contributed by atoms with Gasteiger partial charge in [0.1, 0.15) is 5.75 Å². The Kier molecular flexibility index (Phi) is 5.37. The molecule has 0 fully saturated rings. The largest absolute Gasteiger partial charge is 0.507 e. The van der Waals surface area contributed by atoms with Crippen molar-refractivity contribution in [1.29, 1.82) is 0 Å². The molecule has 0 unspecified atom stereocenters. The van der Waals surface area contributed by atoms with E-state index in [1.54, 1.807) is 6.08 Å². The lowest BCUT2D eigenvalue weighted by molar-refractivity contribution is -0.114. The number of nitrogens with zero attached hydrogens (tertiary/aromatic N) is 1. The van der Waals surface area contributed by atoms with Gasteiger partial charge in [0.2, 0.25) is 5.91 Å². The number of allylic oxidation sites excluding steroid dienone is 1. The molecule has 0 aromatic heterocycles. The Labute approximate surface area is 141 Å². The maximum absolute atomic E-state index is 12.3. The summed E-state index contributed by atoms with van der Waals surface area (Å²) in [5.41, 5.74) is 2.56. The molecule has 0 radical (unpaired) electrons. The first kappa shape index (κ1) is 17.3. The van der Waals surface area contributed by atoms with E-state index in [0.29, 0.717) is 5.69 Å². The lowest BCUT2D eigenvalue weighted by Crippen LogP contribution is -2.07. The van der Waals surface area contributed by atoms with E-state index in [1.165, 1.54) is 31.2 Å². The van der Waals surface area contributed by atoms with E-state index in [9.17, 15) is 14.7 Å². The first-order valence-corrected chi connectivity index (χ1v) is 7.47. The third-order valence-corrected chi connectivity index (χ3v) is 3.42. The molecule has 5 heteroatoms. The monoisotopic (exact) mass is 324 g/mol. The fourth-order valence-electron chi connectivity index (χ4n) is 2.16. The van der Waals surface area contributed by atoms with E-state index in [0.717, 1.165) is 11.3 Å². The molecular formula is C19H20N2O3. The second-order valence-corrected chi connectivity index (χ2v) is 5.60. The highest BCUT2D eigenvalue weighted by molar-refractivity contribution is 6.09. The smallest absolute Gasteiger partial charge is 0.221 e. The molecular weight excluding hydrogens is 304 g/mol. The quantitative estimate of drug-likeness (QED) is 0.503. The highest BCUT2D eigenvalue weighted by Gasteiger charge is 2.10. The number of phenolic OH excluding ortho intramolecular Hbond substituents is 1. The molecule has 0 saturated carbocycles. The number of rotatable bonds is 5. The Morgan fingerprint density at radius 2 is 1.75 bits per heavy atom. The summed E-state index contributed by atoms with van der Waals surface area (Å²) in [6, 6.07) is 12.1. The number of hydrogen-bond acceptors (Lipinski definition) is 4. The lowest BCUT2D eigenvalue weighted by atomic mass is 10.1. The molecule has 24 heavy (non-hydrogen) atoms. The number of ketones is 1. The van der Waals surface area contributed by atoms with Gasteiger partial charge in [-0.2, -0.15) is 0 Å². The second kappa shape index (κ2) is 7.46. The van der Waals surface area contributed by atoms with Gasteiger partial charge in [-0.25, -0.2) is 0 Å². The molecule has 0 aliphatic heterocycles. The minimum absolute atomic E-state index is 0.123. The van der Waals surface area contributed by atoms with Crippen molar-refractivity contribution in [1.82, 2.24) is 0 Å². The summed E-state index contributed by atoms with van der Waals surface area (Å²) in [5, 5.41) is 12.4. The predicted molar refractivity (Wildman–Crippen MR) is 96.5 cm³/mol. The van der Waals surface area contributed by atoms with Crippen LogP contribution in [0.25, 0.3) is 6.08 Å². The minimum atomic E-state index is -0.337. The van der Waals surface area contributed by atoms with Crippen molar-refractivity contribution < 1.29 is 14.7 Å². The second-order valence-electron chi connectivity index (χ2n) is 5.60. The molecule has 2 aromatic carbocycles. The summed E-state index contributed by atoms with van der Waals surface area (Å²) >= 11 is 0. The maximum Gasteiger partial charge on any atom is 0.221 e. The van der Waals surface area contributed by atoms with E-state index in [1.807, 2.05) is 43.3 Å². The van der Waals surface area contributed by atoms with Crippen LogP contribution in [-0.4, -0.2) is 30.9 Å². The van der Waals surface area contributed by atoms with Gasteiger partial charge in [0, 0.05) is 32.4 Å². The zero-order valence-electron chi connectivity index (χ0n) is 13.9. The molecule has 1 amide bonds. The van der Waals surface area contributed by atoms with Crippen LogP contribution >= 0.6 is 0 Å². The van der Waals surface area contributed by atoms with E-state index < -0.39 is 0 Å². The molecule has 124 valence electrons. The average Bonchev–Trinajstić information content (AvgIpc) is 2.54. The molecule has 0 atom stereocenters. The van der Waals surface area contributed by atoms with Crippen LogP contribution in [0.2, 0.25) is 0 Å². The number of anilines is 2. The van der Waals surface area contributed by atoms with Crippen LogP contribution in [0.15, 0.2) is 48.5 Å². The Balaban J connectivity index is 2.18. The number of benzene rings is 2. The Bertz CT molecular complexity index is 778. The Morgan fingerprint density at radius 1 is 1.08 bits per heavy atom. The number of nitrogens with one attached hydrogen (secondary N) is 1. The Hall–Kier alpha value is -3.08. The number of amides is 1. The van der Waals surface area contributed by atoms with Gasteiger partial charge in [0.15, 0.2) is 5.78 Å². The Morgan fingerprint density at radius 3 is 2.33 bits per heavy atom. The number of carbonyl (C=O) groups is 2. The SMILES string of the molecule is CC(=O)Nc1ccc(O)c(C(=O)/C=C/c2ccc(N(C)C)cc2)c1. The molecule has 2 N–H and O–H groups in total. The zero-order chi connectivity index (χ0) is 17.7. The predicted octanol–water partition coefficient (Wildman–Crippen LogP) is 3.31. The number of carbonyl (C=O) groups excluding carboxylic acids is 2. The van der Waals surface area contributed by atoms with Gasteiger partial charge >= 0.3 is 0 Å². The molecule has 0 spiro atoms. The van der Waals surface area contributed by atoms with Crippen molar-refractivity contribution in [2.75, 3.05) is 24.3 Å². The van der Waals surface area contributed by atoms with Crippen molar-refractivity contribution in [2.45, 2.75) is 6.92 Å². The van der Waals surface area contributed by atoms with Crippen LogP contribution in [0.1, 0.15) is 22.8 Å². The molecule has 0 saturated heterocycles.